The topological polar surface area (TPSA) is 36.9 Å². The maximum Gasteiger partial charge on any atom is 0.220 e. The van der Waals surface area contributed by atoms with Crippen LogP contribution in [0.5, 0.6) is 5.75 Å². The zero-order valence-corrected chi connectivity index (χ0v) is 10.5. The average molecular weight is 258 g/mol. The van der Waals surface area contributed by atoms with Crippen molar-refractivity contribution in [2.75, 3.05) is 7.11 Å². The lowest BCUT2D eigenvalue weighted by atomic mass is 10.2. The monoisotopic (exact) mass is 258 g/mol. The molecule has 1 saturated heterocycles. The third-order valence-electron chi connectivity index (χ3n) is 2.94. The summed E-state index contributed by atoms with van der Waals surface area (Å²) in [6.45, 7) is 0. The van der Waals surface area contributed by atoms with E-state index < -0.39 is 12.6 Å². The molecule has 1 heterocycles. The first-order valence-corrected chi connectivity index (χ1v) is 6.03. The summed E-state index contributed by atoms with van der Waals surface area (Å²) in [6.07, 6.45) is -1.01. The van der Waals surface area contributed by atoms with Crippen molar-refractivity contribution in [1.29, 1.82) is 0 Å². The lowest BCUT2D eigenvalue weighted by Gasteiger charge is -2.09. The van der Waals surface area contributed by atoms with Gasteiger partial charge in [-0.25, -0.2) is 0 Å². The van der Waals surface area contributed by atoms with Crippen LogP contribution in [-0.2, 0) is 14.5 Å². The van der Waals surface area contributed by atoms with Crippen molar-refractivity contribution in [1.82, 2.24) is 0 Å². The predicted molar refractivity (Wildman–Crippen MR) is 68.2 cm³/mol. The fraction of sp³-hybridized carbons (Fsp3) is 0.200. The van der Waals surface area contributed by atoms with Crippen molar-refractivity contribution in [2.24, 2.45) is 0 Å². The Kier molecular flexibility index (Phi) is 3.46. The number of rotatable bonds is 3. The molecule has 1 fully saturated rings. The maximum absolute atomic E-state index is 5.72. The van der Waals surface area contributed by atoms with Gasteiger partial charge in [0.2, 0.25) is 12.6 Å². The fourth-order valence-electron chi connectivity index (χ4n) is 1.90. The van der Waals surface area contributed by atoms with Gasteiger partial charge in [-0.15, -0.1) is 0 Å². The quantitative estimate of drug-likeness (QED) is 0.791. The van der Waals surface area contributed by atoms with E-state index in [2.05, 4.69) is 0 Å². The first-order chi connectivity index (χ1) is 9.36. The molecule has 4 heteroatoms. The van der Waals surface area contributed by atoms with Gasteiger partial charge in [0.25, 0.3) is 0 Å². The Morgan fingerprint density at radius 3 is 1.95 bits per heavy atom. The third kappa shape index (κ3) is 2.61. The molecule has 1 aliphatic heterocycles. The molecule has 0 bridgehead atoms. The third-order valence-corrected chi connectivity index (χ3v) is 2.94. The Labute approximate surface area is 111 Å². The zero-order valence-electron chi connectivity index (χ0n) is 10.5. The van der Waals surface area contributed by atoms with Crippen LogP contribution in [0.3, 0.4) is 0 Å². The first kappa shape index (κ1) is 12.2. The molecule has 0 amide bonds. The minimum absolute atomic E-state index is 0.492. The van der Waals surface area contributed by atoms with Crippen LogP contribution in [0, 0.1) is 0 Å². The average Bonchev–Trinajstić information content (AvgIpc) is 2.98. The molecule has 0 radical (unpaired) electrons. The Bertz CT molecular complexity index is 524. The molecular weight excluding hydrogens is 244 g/mol. The SMILES string of the molecule is COc1ccc(C2OOC(c3ccccc3)O2)cc1. The number of methoxy groups -OCH3 is 1. The number of hydrogen-bond acceptors (Lipinski definition) is 4. The molecule has 4 nitrogen and oxygen atoms in total. The van der Waals surface area contributed by atoms with Gasteiger partial charge in [-0.1, -0.05) is 42.5 Å². The number of hydrogen-bond donors (Lipinski definition) is 0. The Hall–Kier alpha value is -1.88. The zero-order chi connectivity index (χ0) is 13.1. The number of ether oxygens (including phenoxy) is 2. The lowest BCUT2D eigenvalue weighted by Crippen LogP contribution is -2.00. The summed E-state index contributed by atoms with van der Waals surface area (Å²) in [5.41, 5.74) is 1.82. The summed E-state index contributed by atoms with van der Waals surface area (Å²) in [6, 6.07) is 17.2. The van der Waals surface area contributed by atoms with E-state index >= 15 is 0 Å². The van der Waals surface area contributed by atoms with Gasteiger partial charge in [0.05, 0.1) is 7.11 Å². The summed E-state index contributed by atoms with van der Waals surface area (Å²) < 4.78 is 10.8. The van der Waals surface area contributed by atoms with Crippen LogP contribution in [0.4, 0.5) is 0 Å². The minimum Gasteiger partial charge on any atom is -0.497 e. The molecule has 0 saturated carbocycles. The van der Waals surface area contributed by atoms with E-state index in [1.165, 1.54) is 0 Å². The molecule has 1 aliphatic rings. The Morgan fingerprint density at radius 1 is 0.789 bits per heavy atom. The van der Waals surface area contributed by atoms with Gasteiger partial charge >= 0.3 is 0 Å². The molecule has 2 atom stereocenters. The Balaban J connectivity index is 1.71. The summed E-state index contributed by atoms with van der Waals surface area (Å²) >= 11 is 0. The van der Waals surface area contributed by atoms with Gasteiger partial charge in [0.1, 0.15) is 5.75 Å². The van der Waals surface area contributed by atoms with Crippen molar-refractivity contribution >= 4 is 0 Å². The highest BCUT2D eigenvalue weighted by molar-refractivity contribution is 5.28. The van der Waals surface area contributed by atoms with Gasteiger partial charge in [0.15, 0.2) is 0 Å². The van der Waals surface area contributed by atoms with E-state index in [-0.39, 0.29) is 0 Å². The summed E-state index contributed by atoms with van der Waals surface area (Å²) in [7, 11) is 1.63. The van der Waals surface area contributed by atoms with Crippen LogP contribution in [-0.4, -0.2) is 7.11 Å². The van der Waals surface area contributed by atoms with Gasteiger partial charge in [-0.05, 0) is 12.1 Å². The minimum atomic E-state index is -0.517. The second-order valence-corrected chi connectivity index (χ2v) is 4.18. The van der Waals surface area contributed by atoms with Crippen LogP contribution < -0.4 is 4.74 Å². The molecule has 2 aromatic rings. The van der Waals surface area contributed by atoms with E-state index in [0.717, 1.165) is 16.9 Å². The van der Waals surface area contributed by atoms with Gasteiger partial charge in [0, 0.05) is 11.1 Å². The van der Waals surface area contributed by atoms with E-state index in [0.29, 0.717) is 0 Å². The van der Waals surface area contributed by atoms with Gasteiger partial charge in [-0.3, -0.25) is 0 Å². The van der Waals surface area contributed by atoms with Gasteiger partial charge < -0.3 is 9.47 Å². The van der Waals surface area contributed by atoms with Crippen molar-refractivity contribution in [2.45, 2.75) is 12.6 Å². The van der Waals surface area contributed by atoms with Crippen molar-refractivity contribution in [3.8, 4) is 5.75 Å². The maximum atomic E-state index is 5.72. The highest BCUT2D eigenvalue weighted by atomic mass is 17.3. The summed E-state index contributed by atoms with van der Waals surface area (Å²) in [5, 5.41) is 0. The van der Waals surface area contributed by atoms with Crippen molar-refractivity contribution < 1.29 is 19.2 Å². The molecule has 0 spiro atoms. The van der Waals surface area contributed by atoms with Crippen molar-refractivity contribution in [3.63, 3.8) is 0 Å². The van der Waals surface area contributed by atoms with Crippen LogP contribution in [0.2, 0.25) is 0 Å². The highest BCUT2D eigenvalue weighted by Crippen LogP contribution is 2.36. The fourth-order valence-corrected chi connectivity index (χ4v) is 1.90. The number of benzene rings is 2. The van der Waals surface area contributed by atoms with E-state index in [1.807, 2.05) is 54.6 Å². The largest absolute Gasteiger partial charge is 0.497 e. The molecule has 3 rings (SSSR count). The molecule has 0 aliphatic carbocycles. The molecular formula is C15H14O4. The standard InChI is InChI=1S/C15H14O4/c1-16-13-9-7-12(8-10-13)15-17-14(18-19-15)11-5-3-2-4-6-11/h2-10,14-15H,1H3. The molecule has 0 aromatic heterocycles. The summed E-state index contributed by atoms with van der Waals surface area (Å²) in [5.74, 6) is 0.794. The van der Waals surface area contributed by atoms with E-state index in [4.69, 9.17) is 19.2 Å². The highest BCUT2D eigenvalue weighted by Gasteiger charge is 2.30. The smallest absolute Gasteiger partial charge is 0.220 e. The summed E-state index contributed by atoms with van der Waals surface area (Å²) in [4.78, 5) is 10.4. The second-order valence-electron chi connectivity index (χ2n) is 4.18. The lowest BCUT2D eigenvalue weighted by molar-refractivity contribution is -0.300. The normalized spacial score (nSPS) is 22.4. The Morgan fingerprint density at radius 2 is 1.37 bits per heavy atom. The van der Waals surface area contributed by atoms with Crippen LogP contribution in [0.25, 0.3) is 0 Å². The molecule has 0 N–H and O–H groups in total. The predicted octanol–water partition coefficient (Wildman–Crippen LogP) is 3.37. The van der Waals surface area contributed by atoms with Crippen LogP contribution in [0.15, 0.2) is 54.6 Å². The molecule has 2 aromatic carbocycles. The molecule has 19 heavy (non-hydrogen) atoms. The van der Waals surface area contributed by atoms with Gasteiger partial charge in [-0.2, -0.15) is 9.78 Å². The van der Waals surface area contributed by atoms with Crippen LogP contribution in [0.1, 0.15) is 23.7 Å². The van der Waals surface area contributed by atoms with Crippen molar-refractivity contribution in [3.05, 3.63) is 65.7 Å². The van der Waals surface area contributed by atoms with Crippen LogP contribution >= 0.6 is 0 Å². The van der Waals surface area contributed by atoms with E-state index in [1.54, 1.807) is 7.11 Å². The molecule has 98 valence electrons. The molecule has 2 unspecified atom stereocenters. The van der Waals surface area contributed by atoms with E-state index in [9.17, 15) is 0 Å². The first-order valence-electron chi connectivity index (χ1n) is 6.03. The second kappa shape index (κ2) is 5.40.